The van der Waals surface area contributed by atoms with Gasteiger partial charge in [0.25, 0.3) is 0 Å². The maximum absolute atomic E-state index is 12.5. The fraction of sp³-hybridized carbons (Fsp3) is 0.476. The van der Waals surface area contributed by atoms with Gasteiger partial charge in [-0.25, -0.2) is 4.79 Å². The number of pyridine rings is 1. The van der Waals surface area contributed by atoms with E-state index in [1.165, 1.54) is 22.4 Å². The zero-order chi connectivity index (χ0) is 21.3. The van der Waals surface area contributed by atoms with Gasteiger partial charge in [-0.15, -0.1) is 11.3 Å². The van der Waals surface area contributed by atoms with Crippen LogP contribution in [-0.4, -0.2) is 67.1 Å². The molecule has 0 radical (unpaired) electrons. The molecular weight excluding hydrogens is 404 g/mol. The molecule has 9 heteroatoms. The molecule has 2 aromatic heterocycles. The number of ether oxygens (including phenoxy) is 2. The number of likely N-dealkylation sites (N-methyl/N-ethyl adjacent to an activating group) is 1. The molecule has 2 aromatic rings. The number of aromatic nitrogens is 1. The number of fused-ring (bicyclic) bond motifs is 2. The molecule has 2 aliphatic rings. The molecule has 0 bridgehead atoms. The second kappa shape index (κ2) is 8.23. The second-order valence-electron chi connectivity index (χ2n) is 7.70. The number of nitrogens with two attached hydrogens (primary N) is 1. The third-order valence-electron chi connectivity index (χ3n) is 5.90. The van der Waals surface area contributed by atoms with E-state index in [2.05, 4.69) is 11.1 Å². The number of piperidine rings is 1. The van der Waals surface area contributed by atoms with Crippen LogP contribution in [0.3, 0.4) is 0 Å². The Bertz CT molecular complexity index is 935. The summed E-state index contributed by atoms with van der Waals surface area (Å²) in [7, 11) is 3.16. The average molecular weight is 431 g/mol. The van der Waals surface area contributed by atoms with E-state index in [1.54, 1.807) is 29.5 Å². The van der Waals surface area contributed by atoms with Crippen LogP contribution in [0, 0.1) is 0 Å². The number of hydrogen-bond acceptors (Lipinski definition) is 6. The second-order valence-corrected chi connectivity index (χ2v) is 8.84. The normalized spacial score (nSPS) is 17.5. The topological polar surface area (TPSA) is 98.0 Å². The van der Waals surface area contributed by atoms with Crippen LogP contribution >= 0.6 is 11.3 Å². The van der Waals surface area contributed by atoms with Crippen molar-refractivity contribution in [2.75, 3.05) is 40.4 Å². The molecule has 1 spiro atoms. The van der Waals surface area contributed by atoms with E-state index < -0.39 is 6.03 Å². The van der Waals surface area contributed by atoms with Crippen LogP contribution in [0.15, 0.2) is 24.4 Å². The molecule has 1 fully saturated rings. The van der Waals surface area contributed by atoms with Crippen LogP contribution in [0.2, 0.25) is 0 Å². The molecule has 0 aliphatic carbocycles. The monoisotopic (exact) mass is 430 g/mol. The predicted octanol–water partition coefficient (Wildman–Crippen LogP) is 2.22. The van der Waals surface area contributed by atoms with Crippen molar-refractivity contribution in [3.05, 3.63) is 34.8 Å². The number of carbonyl (C=O) groups excluding carboxylic acids is 2. The van der Waals surface area contributed by atoms with Gasteiger partial charge in [-0.2, -0.15) is 0 Å². The fourth-order valence-electron chi connectivity index (χ4n) is 4.10. The highest BCUT2D eigenvalue weighted by atomic mass is 32.1. The molecule has 1 saturated heterocycles. The maximum Gasteiger partial charge on any atom is 0.314 e. The molecule has 0 unspecified atom stereocenters. The van der Waals surface area contributed by atoms with Gasteiger partial charge in [0, 0.05) is 31.4 Å². The van der Waals surface area contributed by atoms with Crippen molar-refractivity contribution >= 4 is 23.3 Å². The molecule has 0 saturated carbocycles. The summed E-state index contributed by atoms with van der Waals surface area (Å²) in [5.41, 5.74) is 7.02. The van der Waals surface area contributed by atoms with Crippen LogP contribution in [-0.2, 0) is 21.6 Å². The minimum atomic E-state index is -0.602. The zero-order valence-corrected chi connectivity index (χ0v) is 18.0. The molecule has 30 heavy (non-hydrogen) atoms. The van der Waals surface area contributed by atoms with Crippen LogP contribution in [0.25, 0.3) is 10.6 Å². The molecule has 4 heterocycles. The third kappa shape index (κ3) is 3.87. The molecule has 2 N–H and O–H groups in total. The Morgan fingerprint density at radius 1 is 1.37 bits per heavy atom. The Hall–Kier alpha value is -2.65. The van der Waals surface area contributed by atoms with Gasteiger partial charge in [0.05, 0.1) is 36.1 Å². The zero-order valence-electron chi connectivity index (χ0n) is 17.2. The lowest BCUT2D eigenvalue weighted by atomic mass is 9.82. The van der Waals surface area contributed by atoms with Crippen LogP contribution in [0.5, 0.6) is 5.75 Å². The maximum atomic E-state index is 12.5. The number of nitrogens with zero attached hydrogens (tertiary/aromatic N) is 3. The summed E-state index contributed by atoms with van der Waals surface area (Å²) in [6.45, 7) is 1.87. The van der Waals surface area contributed by atoms with E-state index in [0.29, 0.717) is 19.7 Å². The van der Waals surface area contributed by atoms with E-state index in [4.69, 9.17) is 15.2 Å². The first-order chi connectivity index (χ1) is 14.4. The van der Waals surface area contributed by atoms with Crippen LogP contribution < -0.4 is 10.5 Å². The minimum Gasteiger partial charge on any atom is -0.495 e. The number of methoxy groups -OCH3 is 1. The lowest BCUT2D eigenvalue weighted by Crippen LogP contribution is -2.50. The lowest BCUT2D eigenvalue weighted by Gasteiger charge is -2.44. The largest absolute Gasteiger partial charge is 0.495 e. The van der Waals surface area contributed by atoms with Gasteiger partial charge in [0.1, 0.15) is 12.3 Å². The quantitative estimate of drug-likeness (QED) is 0.802. The number of hydrogen-bond donors (Lipinski definition) is 1. The molecular formula is C21H26N4O4S. The minimum absolute atomic E-state index is 0.000177. The number of thiophene rings is 1. The van der Waals surface area contributed by atoms with Gasteiger partial charge < -0.3 is 25.0 Å². The van der Waals surface area contributed by atoms with Gasteiger partial charge in [0.15, 0.2) is 0 Å². The van der Waals surface area contributed by atoms with Gasteiger partial charge in [-0.3, -0.25) is 9.78 Å². The van der Waals surface area contributed by atoms with Crippen molar-refractivity contribution in [3.63, 3.8) is 0 Å². The summed E-state index contributed by atoms with van der Waals surface area (Å²) < 4.78 is 11.5. The summed E-state index contributed by atoms with van der Waals surface area (Å²) in [4.78, 5) is 33.7. The highest BCUT2D eigenvalue weighted by Gasteiger charge is 2.43. The molecule has 160 valence electrons. The smallest absolute Gasteiger partial charge is 0.314 e. The molecule has 3 amide bonds. The number of amides is 3. The van der Waals surface area contributed by atoms with Crippen LogP contribution in [0.1, 0.15) is 23.3 Å². The van der Waals surface area contributed by atoms with Gasteiger partial charge in [-0.05, 0) is 36.6 Å². The molecule has 4 rings (SSSR count). The van der Waals surface area contributed by atoms with E-state index in [0.717, 1.165) is 35.6 Å². The van der Waals surface area contributed by atoms with Crippen molar-refractivity contribution in [1.82, 2.24) is 14.8 Å². The van der Waals surface area contributed by atoms with E-state index >= 15 is 0 Å². The van der Waals surface area contributed by atoms with Crippen molar-refractivity contribution in [2.45, 2.75) is 24.9 Å². The molecule has 0 atom stereocenters. The Kier molecular flexibility index (Phi) is 5.66. The number of likely N-dealkylation sites (tertiary alicyclic amines) is 1. The predicted molar refractivity (Wildman–Crippen MR) is 113 cm³/mol. The number of rotatable bonds is 4. The highest BCUT2D eigenvalue weighted by molar-refractivity contribution is 7.15. The molecule has 0 aromatic carbocycles. The highest BCUT2D eigenvalue weighted by Crippen LogP contribution is 2.46. The third-order valence-corrected chi connectivity index (χ3v) is 7.12. The van der Waals surface area contributed by atoms with Crippen molar-refractivity contribution in [3.8, 4) is 16.3 Å². The van der Waals surface area contributed by atoms with Crippen molar-refractivity contribution in [2.24, 2.45) is 5.73 Å². The van der Waals surface area contributed by atoms with Gasteiger partial charge >= 0.3 is 6.03 Å². The molecule has 2 aliphatic heterocycles. The Balaban J connectivity index is 1.50. The van der Waals surface area contributed by atoms with Crippen molar-refractivity contribution in [1.29, 1.82) is 0 Å². The summed E-state index contributed by atoms with van der Waals surface area (Å²) in [5.74, 6) is 0.648. The standard InChI is InChI=1S/C21H26N4O4S/c1-24(20(22)27)13-19(26)25-8-6-21(7-9-25)15-11-18(30-17(15)5-10-29-21)16-4-3-14(28-2)12-23-16/h3-4,11-12H,5-10,13H2,1-2H3,(H2,22,27). The van der Waals surface area contributed by atoms with E-state index in [9.17, 15) is 9.59 Å². The average Bonchev–Trinajstić information content (AvgIpc) is 3.20. The first-order valence-electron chi connectivity index (χ1n) is 9.98. The van der Waals surface area contributed by atoms with E-state index in [-0.39, 0.29) is 18.1 Å². The Labute approximate surface area is 179 Å². The SMILES string of the molecule is COc1ccc(-c2cc3c(s2)CCOC32CCN(C(=O)CN(C)C(N)=O)CC2)nc1. The van der Waals surface area contributed by atoms with Crippen LogP contribution in [0.4, 0.5) is 4.79 Å². The summed E-state index contributed by atoms with van der Waals surface area (Å²) in [6.07, 6.45) is 4.09. The van der Waals surface area contributed by atoms with E-state index in [1.807, 2.05) is 12.1 Å². The lowest BCUT2D eigenvalue weighted by molar-refractivity contribution is -0.140. The van der Waals surface area contributed by atoms with Gasteiger partial charge in [0.2, 0.25) is 5.91 Å². The first-order valence-corrected chi connectivity index (χ1v) is 10.8. The Morgan fingerprint density at radius 2 is 2.13 bits per heavy atom. The number of urea groups is 1. The molecule has 8 nitrogen and oxygen atoms in total. The first kappa shape index (κ1) is 20.6. The van der Waals surface area contributed by atoms with Crippen molar-refractivity contribution < 1.29 is 19.1 Å². The Morgan fingerprint density at radius 3 is 2.77 bits per heavy atom. The number of primary amides is 1. The summed E-state index contributed by atoms with van der Waals surface area (Å²) in [5, 5.41) is 0. The summed E-state index contributed by atoms with van der Waals surface area (Å²) in [6, 6.07) is 5.49. The summed E-state index contributed by atoms with van der Waals surface area (Å²) >= 11 is 1.77. The van der Waals surface area contributed by atoms with Gasteiger partial charge in [-0.1, -0.05) is 0 Å². The number of carbonyl (C=O) groups is 2. The fourth-order valence-corrected chi connectivity index (χ4v) is 5.31.